The van der Waals surface area contributed by atoms with E-state index in [9.17, 15) is 0 Å². The molecule has 1 unspecified atom stereocenters. The van der Waals surface area contributed by atoms with Gasteiger partial charge in [-0.3, -0.25) is 0 Å². The van der Waals surface area contributed by atoms with Crippen LogP contribution in [0.3, 0.4) is 0 Å². The molecule has 0 amide bonds. The van der Waals surface area contributed by atoms with E-state index in [1.165, 1.54) is 25.7 Å². The summed E-state index contributed by atoms with van der Waals surface area (Å²) in [5.41, 5.74) is 0. The standard InChI is InChI=1S/C8H14O/c9-5-8-4-6-1-2-7(8)3-6/h6-9H,1-5H2/t6?,7-,8-/m1/s1. The van der Waals surface area contributed by atoms with Gasteiger partial charge in [-0.1, -0.05) is 6.42 Å². The van der Waals surface area contributed by atoms with Crippen LogP contribution in [0.4, 0.5) is 0 Å². The van der Waals surface area contributed by atoms with Crippen molar-refractivity contribution in [3.8, 4) is 0 Å². The lowest BCUT2D eigenvalue weighted by Crippen LogP contribution is -2.13. The molecule has 0 radical (unpaired) electrons. The van der Waals surface area contributed by atoms with Crippen molar-refractivity contribution in [3.63, 3.8) is 0 Å². The van der Waals surface area contributed by atoms with Crippen LogP contribution in [0.1, 0.15) is 25.7 Å². The van der Waals surface area contributed by atoms with Gasteiger partial charge >= 0.3 is 0 Å². The van der Waals surface area contributed by atoms with Crippen LogP contribution < -0.4 is 0 Å². The predicted molar refractivity (Wildman–Crippen MR) is 36.0 cm³/mol. The number of hydrogen-bond donors (Lipinski definition) is 1. The van der Waals surface area contributed by atoms with Crippen LogP contribution in [0.15, 0.2) is 0 Å². The maximum absolute atomic E-state index is 8.89. The molecule has 0 aromatic rings. The van der Waals surface area contributed by atoms with Gasteiger partial charge in [-0.25, -0.2) is 0 Å². The van der Waals surface area contributed by atoms with E-state index < -0.39 is 0 Å². The Bertz CT molecular complexity index is 111. The minimum absolute atomic E-state index is 0.446. The first-order chi connectivity index (χ1) is 4.40. The molecule has 0 heterocycles. The summed E-state index contributed by atoms with van der Waals surface area (Å²) in [6.07, 6.45) is 5.59. The summed E-state index contributed by atoms with van der Waals surface area (Å²) >= 11 is 0. The molecule has 2 rings (SSSR count). The molecule has 0 aliphatic heterocycles. The van der Waals surface area contributed by atoms with E-state index in [2.05, 4.69) is 0 Å². The first-order valence-electron chi connectivity index (χ1n) is 4.01. The van der Waals surface area contributed by atoms with Crippen molar-refractivity contribution >= 4 is 0 Å². The molecule has 2 fully saturated rings. The van der Waals surface area contributed by atoms with Gasteiger partial charge in [0.25, 0.3) is 0 Å². The van der Waals surface area contributed by atoms with Crippen LogP contribution in [0.25, 0.3) is 0 Å². The van der Waals surface area contributed by atoms with Crippen molar-refractivity contribution < 1.29 is 5.11 Å². The second-order valence-electron chi connectivity index (χ2n) is 3.62. The van der Waals surface area contributed by atoms with Gasteiger partial charge < -0.3 is 5.11 Å². The summed E-state index contributed by atoms with van der Waals surface area (Å²) in [7, 11) is 0. The fraction of sp³-hybridized carbons (Fsp3) is 1.00. The van der Waals surface area contributed by atoms with Gasteiger partial charge in [0.1, 0.15) is 0 Å². The van der Waals surface area contributed by atoms with E-state index in [1.807, 2.05) is 0 Å². The first-order valence-corrected chi connectivity index (χ1v) is 4.01. The van der Waals surface area contributed by atoms with Gasteiger partial charge in [0.2, 0.25) is 0 Å². The molecule has 0 saturated heterocycles. The van der Waals surface area contributed by atoms with Crippen LogP contribution >= 0.6 is 0 Å². The highest BCUT2D eigenvalue weighted by molar-refractivity contribution is 4.89. The largest absolute Gasteiger partial charge is 0.396 e. The van der Waals surface area contributed by atoms with Gasteiger partial charge in [-0.05, 0) is 37.0 Å². The normalized spacial score (nSPS) is 48.3. The fourth-order valence-corrected chi connectivity index (χ4v) is 2.60. The molecule has 0 spiro atoms. The van der Waals surface area contributed by atoms with E-state index >= 15 is 0 Å². The molecule has 0 aromatic carbocycles. The highest BCUT2D eigenvalue weighted by Gasteiger charge is 2.38. The minimum Gasteiger partial charge on any atom is -0.396 e. The smallest absolute Gasteiger partial charge is 0.0462 e. The molecule has 9 heavy (non-hydrogen) atoms. The maximum Gasteiger partial charge on any atom is 0.0462 e. The third-order valence-corrected chi connectivity index (χ3v) is 3.12. The second-order valence-corrected chi connectivity index (χ2v) is 3.62. The summed E-state index contributed by atoms with van der Waals surface area (Å²) in [6.45, 7) is 0.446. The summed E-state index contributed by atoms with van der Waals surface area (Å²) in [5.74, 6) is 2.58. The highest BCUT2D eigenvalue weighted by atomic mass is 16.3. The molecule has 1 nitrogen and oxygen atoms in total. The fourth-order valence-electron chi connectivity index (χ4n) is 2.60. The Morgan fingerprint density at radius 2 is 2.11 bits per heavy atom. The van der Waals surface area contributed by atoms with Crippen LogP contribution in [0, 0.1) is 17.8 Å². The Labute approximate surface area is 56.1 Å². The zero-order valence-electron chi connectivity index (χ0n) is 5.71. The average Bonchev–Trinajstić information content (AvgIpc) is 2.45. The molecule has 1 heteroatoms. The van der Waals surface area contributed by atoms with Gasteiger partial charge in [0.05, 0.1) is 0 Å². The zero-order chi connectivity index (χ0) is 6.27. The van der Waals surface area contributed by atoms with E-state index in [0.29, 0.717) is 12.5 Å². The molecule has 2 bridgehead atoms. The van der Waals surface area contributed by atoms with Gasteiger partial charge in [-0.15, -0.1) is 0 Å². The Morgan fingerprint density at radius 1 is 1.22 bits per heavy atom. The average molecular weight is 126 g/mol. The molecule has 1 N–H and O–H groups in total. The third kappa shape index (κ3) is 0.787. The van der Waals surface area contributed by atoms with E-state index in [0.717, 1.165) is 11.8 Å². The second kappa shape index (κ2) is 1.98. The maximum atomic E-state index is 8.89. The lowest BCUT2D eigenvalue weighted by atomic mass is 9.90. The summed E-state index contributed by atoms with van der Waals surface area (Å²) in [5, 5.41) is 8.89. The van der Waals surface area contributed by atoms with Crippen molar-refractivity contribution in [1.82, 2.24) is 0 Å². The van der Waals surface area contributed by atoms with Gasteiger partial charge in [0.15, 0.2) is 0 Å². The lowest BCUT2D eigenvalue weighted by molar-refractivity contribution is 0.177. The molecular formula is C8H14O. The molecule has 3 atom stereocenters. The number of hydrogen-bond acceptors (Lipinski definition) is 1. The summed E-state index contributed by atoms with van der Waals surface area (Å²) < 4.78 is 0. The van der Waals surface area contributed by atoms with Crippen LogP contribution in [-0.2, 0) is 0 Å². The summed E-state index contributed by atoms with van der Waals surface area (Å²) in [4.78, 5) is 0. The topological polar surface area (TPSA) is 20.2 Å². The predicted octanol–water partition coefficient (Wildman–Crippen LogP) is 1.41. The SMILES string of the molecule is OC[C@H]1CC2CC[C@@H]1C2. The van der Waals surface area contributed by atoms with Crippen molar-refractivity contribution in [3.05, 3.63) is 0 Å². The number of fused-ring (bicyclic) bond motifs is 2. The van der Waals surface area contributed by atoms with Gasteiger partial charge in [-0.2, -0.15) is 0 Å². The Morgan fingerprint density at radius 3 is 2.44 bits per heavy atom. The summed E-state index contributed by atoms with van der Waals surface area (Å²) in [6, 6.07) is 0. The first kappa shape index (κ1) is 5.72. The van der Waals surface area contributed by atoms with E-state index in [4.69, 9.17) is 5.11 Å². The van der Waals surface area contributed by atoms with Crippen molar-refractivity contribution in [2.24, 2.45) is 17.8 Å². The molecule has 2 aliphatic rings. The molecule has 52 valence electrons. The number of aliphatic hydroxyl groups is 1. The molecule has 2 aliphatic carbocycles. The van der Waals surface area contributed by atoms with Gasteiger partial charge in [0, 0.05) is 6.61 Å². The highest BCUT2D eigenvalue weighted by Crippen LogP contribution is 2.47. The monoisotopic (exact) mass is 126 g/mol. The molecule has 0 aromatic heterocycles. The van der Waals surface area contributed by atoms with Crippen LogP contribution in [0.5, 0.6) is 0 Å². The van der Waals surface area contributed by atoms with Crippen molar-refractivity contribution in [1.29, 1.82) is 0 Å². The van der Waals surface area contributed by atoms with Crippen LogP contribution in [0.2, 0.25) is 0 Å². The third-order valence-electron chi connectivity index (χ3n) is 3.12. The number of rotatable bonds is 1. The number of aliphatic hydroxyl groups excluding tert-OH is 1. The zero-order valence-corrected chi connectivity index (χ0v) is 5.71. The van der Waals surface area contributed by atoms with Crippen molar-refractivity contribution in [2.45, 2.75) is 25.7 Å². The lowest BCUT2D eigenvalue weighted by Gasteiger charge is -2.18. The molecular weight excluding hydrogens is 112 g/mol. The van der Waals surface area contributed by atoms with E-state index in [-0.39, 0.29) is 0 Å². The van der Waals surface area contributed by atoms with Crippen molar-refractivity contribution in [2.75, 3.05) is 6.61 Å². The van der Waals surface area contributed by atoms with Crippen LogP contribution in [-0.4, -0.2) is 11.7 Å². The minimum atomic E-state index is 0.446. The molecule has 2 saturated carbocycles. The quantitative estimate of drug-likeness (QED) is 0.563. The Hall–Kier alpha value is -0.0400. The Balaban J connectivity index is 2.01. The van der Waals surface area contributed by atoms with E-state index in [1.54, 1.807) is 0 Å². The Kier molecular flexibility index (Phi) is 1.26.